The summed E-state index contributed by atoms with van der Waals surface area (Å²) < 4.78 is 5.81. The van der Waals surface area contributed by atoms with Gasteiger partial charge in [-0.2, -0.15) is 0 Å². The Balaban J connectivity index is 1.86. The van der Waals surface area contributed by atoms with Gasteiger partial charge in [-0.25, -0.2) is 0 Å². The van der Waals surface area contributed by atoms with Crippen molar-refractivity contribution in [3.63, 3.8) is 0 Å². The molecule has 4 heteroatoms. The van der Waals surface area contributed by atoms with E-state index in [9.17, 15) is 0 Å². The van der Waals surface area contributed by atoms with E-state index in [4.69, 9.17) is 4.42 Å². The predicted molar refractivity (Wildman–Crippen MR) is 99.7 cm³/mol. The minimum atomic E-state index is 0.123. The minimum Gasteiger partial charge on any atom is -0.416 e. The first-order valence-electron chi connectivity index (χ1n) is 7.64. The summed E-state index contributed by atoms with van der Waals surface area (Å²) in [7, 11) is 0. The van der Waals surface area contributed by atoms with Crippen LogP contribution >= 0.6 is 15.9 Å². The van der Waals surface area contributed by atoms with Crippen molar-refractivity contribution in [1.29, 1.82) is 0 Å². The zero-order valence-electron chi connectivity index (χ0n) is 13.8. The van der Waals surface area contributed by atoms with E-state index in [1.54, 1.807) is 0 Å². The Morgan fingerprint density at radius 3 is 1.79 bits per heavy atom. The van der Waals surface area contributed by atoms with Crippen LogP contribution in [-0.4, -0.2) is 10.2 Å². The highest BCUT2D eigenvalue weighted by Crippen LogP contribution is 2.27. The van der Waals surface area contributed by atoms with E-state index in [-0.39, 0.29) is 5.41 Å². The maximum absolute atomic E-state index is 5.81. The lowest BCUT2D eigenvalue weighted by Crippen LogP contribution is -2.10. The van der Waals surface area contributed by atoms with E-state index >= 15 is 0 Å². The first-order valence-corrected chi connectivity index (χ1v) is 8.43. The van der Waals surface area contributed by atoms with Crippen molar-refractivity contribution in [3.8, 4) is 33.7 Å². The summed E-state index contributed by atoms with van der Waals surface area (Å²) in [5.74, 6) is 3.96. The Morgan fingerprint density at radius 1 is 0.833 bits per heavy atom. The molecule has 0 bridgehead atoms. The van der Waals surface area contributed by atoms with Gasteiger partial charge >= 0.3 is 0 Å². The average molecular weight is 381 g/mol. The molecule has 1 aromatic heterocycles. The van der Waals surface area contributed by atoms with Crippen LogP contribution in [0.1, 0.15) is 31.9 Å². The third-order valence-corrected chi connectivity index (χ3v) is 3.94. The largest absolute Gasteiger partial charge is 0.416 e. The quantitative estimate of drug-likeness (QED) is 0.558. The van der Waals surface area contributed by atoms with Crippen molar-refractivity contribution < 1.29 is 4.42 Å². The van der Waals surface area contributed by atoms with Gasteiger partial charge in [-0.1, -0.05) is 38.8 Å². The topological polar surface area (TPSA) is 38.9 Å². The molecule has 0 N–H and O–H groups in total. The van der Waals surface area contributed by atoms with Crippen molar-refractivity contribution in [2.24, 2.45) is 0 Å². The standard InChI is InChI=1S/C20H17BrN2O/c1-20(2,3)17-10-8-16(9-11-17)19-23-22-18(24-19)15-6-4-14(5-7-15)12-13-21/h4-11H,1-3H3. The van der Waals surface area contributed by atoms with Crippen LogP contribution in [0, 0.1) is 10.8 Å². The van der Waals surface area contributed by atoms with Crippen molar-refractivity contribution >= 4 is 15.9 Å². The Labute approximate surface area is 150 Å². The van der Waals surface area contributed by atoms with E-state index in [0.717, 1.165) is 16.7 Å². The highest BCUT2D eigenvalue weighted by Gasteiger charge is 2.15. The fourth-order valence-electron chi connectivity index (χ4n) is 2.32. The molecule has 0 atom stereocenters. The molecule has 0 unspecified atom stereocenters. The van der Waals surface area contributed by atoms with E-state index in [1.807, 2.05) is 36.4 Å². The average Bonchev–Trinajstić information content (AvgIpc) is 3.05. The summed E-state index contributed by atoms with van der Waals surface area (Å²) in [6.45, 7) is 6.57. The van der Waals surface area contributed by atoms with Crippen molar-refractivity contribution in [1.82, 2.24) is 10.2 Å². The fraction of sp³-hybridized carbons (Fsp3) is 0.200. The van der Waals surface area contributed by atoms with Crippen LogP contribution in [0.2, 0.25) is 0 Å². The minimum absolute atomic E-state index is 0.123. The second kappa shape index (κ2) is 6.62. The molecule has 0 fully saturated rings. The summed E-state index contributed by atoms with van der Waals surface area (Å²) in [5, 5.41) is 8.31. The molecule has 3 rings (SSSR count). The van der Waals surface area contributed by atoms with E-state index in [1.165, 1.54) is 5.56 Å². The first-order chi connectivity index (χ1) is 11.5. The maximum Gasteiger partial charge on any atom is 0.248 e. The van der Waals surface area contributed by atoms with Gasteiger partial charge in [-0.3, -0.25) is 0 Å². The third kappa shape index (κ3) is 3.58. The van der Waals surface area contributed by atoms with Gasteiger partial charge in [0.1, 0.15) is 0 Å². The van der Waals surface area contributed by atoms with Crippen molar-refractivity contribution in [3.05, 3.63) is 59.7 Å². The number of hydrogen-bond acceptors (Lipinski definition) is 3. The second-order valence-corrected chi connectivity index (χ2v) is 6.93. The van der Waals surface area contributed by atoms with E-state index < -0.39 is 0 Å². The number of nitrogens with zero attached hydrogens (tertiary/aromatic N) is 2. The van der Waals surface area contributed by atoms with Gasteiger partial charge in [0.15, 0.2) is 0 Å². The van der Waals surface area contributed by atoms with Crippen LogP contribution in [0.5, 0.6) is 0 Å². The summed E-state index contributed by atoms with van der Waals surface area (Å²) in [4.78, 5) is 2.69. The highest BCUT2D eigenvalue weighted by atomic mass is 79.9. The van der Waals surface area contributed by atoms with Gasteiger partial charge in [0.2, 0.25) is 11.8 Å². The van der Waals surface area contributed by atoms with Crippen LogP contribution in [0.3, 0.4) is 0 Å². The summed E-state index contributed by atoms with van der Waals surface area (Å²) in [6, 6.07) is 15.9. The van der Waals surface area contributed by atoms with Crippen LogP contribution in [0.15, 0.2) is 52.9 Å². The van der Waals surface area contributed by atoms with Gasteiger partial charge in [0.25, 0.3) is 0 Å². The lowest BCUT2D eigenvalue weighted by atomic mass is 9.87. The molecule has 0 aliphatic rings. The monoisotopic (exact) mass is 380 g/mol. The number of benzene rings is 2. The summed E-state index contributed by atoms with van der Waals surface area (Å²) >= 11 is 3.09. The maximum atomic E-state index is 5.81. The molecule has 24 heavy (non-hydrogen) atoms. The Kier molecular flexibility index (Phi) is 4.55. The van der Waals surface area contributed by atoms with E-state index in [2.05, 4.69) is 69.8 Å². The second-order valence-electron chi connectivity index (χ2n) is 6.54. The molecule has 2 aromatic carbocycles. The Hall–Kier alpha value is -2.38. The molecule has 0 saturated heterocycles. The van der Waals surface area contributed by atoms with Gasteiger partial charge in [0, 0.05) is 32.6 Å². The lowest BCUT2D eigenvalue weighted by Gasteiger charge is -2.18. The van der Waals surface area contributed by atoms with Crippen molar-refractivity contribution in [2.45, 2.75) is 26.2 Å². The van der Waals surface area contributed by atoms with Gasteiger partial charge in [0.05, 0.1) is 0 Å². The fourth-order valence-corrected chi connectivity index (χ4v) is 2.55. The molecule has 0 spiro atoms. The smallest absolute Gasteiger partial charge is 0.248 e. The van der Waals surface area contributed by atoms with E-state index in [0.29, 0.717) is 11.8 Å². The molecule has 1 heterocycles. The molecule has 0 amide bonds. The number of halogens is 1. The molecule has 3 nitrogen and oxygen atoms in total. The molecule has 0 aliphatic carbocycles. The highest BCUT2D eigenvalue weighted by molar-refractivity contribution is 9.12. The van der Waals surface area contributed by atoms with Crippen molar-refractivity contribution in [2.75, 3.05) is 0 Å². The zero-order chi connectivity index (χ0) is 17.2. The van der Waals surface area contributed by atoms with Crippen LogP contribution < -0.4 is 0 Å². The SMILES string of the molecule is CC(C)(C)c1ccc(-c2nnc(-c3ccc(C#CBr)cc3)o2)cc1. The number of rotatable bonds is 2. The Morgan fingerprint density at radius 2 is 1.33 bits per heavy atom. The molecular formula is C20H17BrN2O. The van der Waals surface area contributed by atoms with Gasteiger partial charge in [-0.05, 0) is 52.2 Å². The van der Waals surface area contributed by atoms with Crippen LogP contribution in [-0.2, 0) is 5.41 Å². The third-order valence-electron chi connectivity index (χ3n) is 3.75. The van der Waals surface area contributed by atoms with Gasteiger partial charge in [-0.15, -0.1) is 10.2 Å². The van der Waals surface area contributed by atoms with Crippen LogP contribution in [0.4, 0.5) is 0 Å². The molecule has 0 aliphatic heterocycles. The van der Waals surface area contributed by atoms with Gasteiger partial charge < -0.3 is 4.42 Å². The molecular weight excluding hydrogens is 364 g/mol. The summed E-state index contributed by atoms with van der Waals surface area (Å²) in [6.07, 6.45) is 0. The lowest BCUT2D eigenvalue weighted by molar-refractivity contribution is 0.582. The summed E-state index contributed by atoms with van der Waals surface area (Å²) in [5.41, 5.74) is 4.12. The molecule has 0 saturated carbocycles. The molecule has 120 valence electrons. The van der Waals surface area contributed by atoms with Crippen LogP contribution in [0.25, 0.3) is 22.9 Å². The number of hydrogen-bond donors (Lipinski definition) is 0. The molecule has 3 aromatic rings. The first kappa shape index (κ1) is 16.5. The zero-order valence-corrected chi connectivity index (χ0v) is 15.4. The number of aromatic nitrogens is 2. The Bertz CT molecular complexity index is 892. The normalized spacial score (nSPS) is 11.0. The predicted octanol–water partition coefficient (Wildman–Crippen LogP) is 5.41. The molecule has 0 radical (unpaired) electrons.